The summed E-state index contributed by atoms with van der Waals surface area (Å²) in [5, 5.41) is 6.10. The first-order valence-electron chi connectivity index (χ1n) is 7.66. The topological polar surface area (TPSA) is 41.1 Å². The van der Waals surface area contributed by atoms with Crippen molar-refractivity contribution in [3.8, 4) is 0 Å². The predicted octanol–water partition coefficient (Wildman–Crippen LogP) is 4.48. The highest BCUT2D eigenvalue weighted by Crippen LogP contribution is 2.18. The van der Waals surface area contributed by atoms with Crippen molar-refractivity contribution >= 4 is 17.3 Å². The summed E-state index contributed by atoms with van der Waals surface area (Å²) in [6.07, 6.45) is 0. The lowest BCUT2D eigenvalue weighted by molar-refractivity contribution is -0.114. The summed E-state index contributed by atoms with van der Waals surface area (Å²) >= 11 is 0. The summed E-state index contributed by atoms with van der Waals surface area (Å²) in [6, 6.07) is 14.3. The lowest BCUT2D eigenvalue weighted by Gasteiger charge is -2.11. The molecule has 0 saturated carbocycles. The van der Waals surface area contributed by atoms with Gasteiger partial charge in [-0.1, -0.05) is 38.1 Å². The maximum absolute atomic E-state index is 12.1. The average Bonchev–Trinajstić information content (AvgIpc) is 2.49. The second-order valence-electron chi connectivity index (χ2n) is 6.00. The Balaban J connectivity index is 1.91. The molecule has 0 radical (unpaired) electrons. The van der Waals surface area contributed by atoms with Gasteiger partial charge in [0.2, 0.25) is 5.91 Å². The van der Waals surface area contributed by atoms with Crippen LogP contribution < -0.4 is 10.6 Å². The Morgan fingerprint density at radius 3 is 2.36 bits per heavy atom. The monoisotopic (exact) mass is 296 g/mol. The van der Waals surface area contributed by atoms with E-state index in [4.69, 9.17) is 0 Å². The standard InChI is InChI=1S/C19H24N2O/c1-13(2)16-7-9-17(10-8-16)20-12-19(22)21-18-11-14(3)5-6-15(18)4/h5-11,13,20H,12H2,1-4H3,(H,21,22). The van der Waals surface area contributed by atoms with Gasteiger partial charge < -0.3 is 10.6 Å². The van der Waals surface area contributed by atoms with Gasteiger partial charge in [0.25, 0.3) is 0 Å². The molecule has 0 aliphatic heterocycles. The van der Waals surface area contributed by atoms with Gasteiger partial charge in [-0.05, 0) is 54.7 Å². The van der Waals surface area contributed by atoms with Crippen LogP contribution in [0.1, 0.15) is 36.5 Å². The molecule has 0 aliphatic carbocycles. The van der Waals surface area contributed by atoms with E-state index in [-0.39, 0.29) is 12.5 Å². The first-order chi connectivity index (χ1) is 10.5. The van der Waals surface area contributed by atoms with Crippen LogP contribution in [0.15, 0.2) is 42.5 Å². The molecule has 0 aromatic heterocycles. The summed E-state index contributed by atoms with van der Waals surface area (Å²) in [5.74, 6) is 0.475. The van der Waals surface area contributed by atoms with Crippen LogP contribution in [0.3, 0.4) is 0 Å². The van der Waals surface area contributed by atoms with Crippen molar-refractivity contribution in [2.45, 2.75) is 33.6 Å². The van der Waals surface area contributed by atoms with Gasteiger partial charge in [0.1, 0.15) is 0 Å². The zero-order chi connectivity index (χ0) is 16.1. The molecule has 3 heteroatoms. The largest absolute Gasteiger partial charge is 0.376 e. The number of aryl methyl sites for hydroxylation is 2. The molecule has 0 bridgehead atoms. The molecule has 22 heavy (non-hydrogen) atoms. The van der Waals surface area contributed by atoms with Crippen molar-refractivity contribution in [2.24, 2.45) is 0 Å². The molecular weight excluding hydrogens is 272 g/mol. The molecule has 2 N–H and O–H groups in total. The Kier molecular flexibility index (Phi) is 5.21. The average molecular weight is 296 g/mol. The Morgan fingerprint density at radius 2 is 1.73 bits per heavy atom. The van der Waals surface area contributed by atoms with E-state index in [0.29, 0.717) is 5.92 Å². The van der Waals surface area contributed by atoms with Gasteiger partial charge in [-0.2, -0.15) is 0 Å². The zero-order valence-electron chi connectivity index (χ0n) is 13.7. The molecule has 0 unspecified atom stereocenters. The van der Waals surface area contributed by atoms with E-state index in [1.54, 1.807) is 0 Å². The zero-order valence-corrected chi connectivity index (χ0v) is 13.7. The van der Waals surface area contributed by atoms with Crippen LogP contribution in [0.4, 0.5) is 11.4 Å². The number of benzene rings is 2. The number of carbonyl (C=O) groups excluding carboxylic acids is 1. The molecule has 1 amide bonds. The van der Waals surface area contributed by atoms with Crippen LogP contribution in [0, 0.1) is 13.8 Å². The summed E-state index contributed by atoms with van der Waals surface area (Å²) < 4.78 is 0. The fraction of sp³-hybridized carbons (Fsp3) is 0.316. The molecule has 0 aliphatic rings. The van der Waals surface area contributed by atoms with Crippen LogP contribution in [0.25, 0.3) is 0 Å². The summed E-state index contributed by atoms with van der Waals surface area (Å²) in [6.45, 7) is 8.60. The Labute approximate surface area is 132 Å². The number of carbonyl (C=O) groups is 1. The molecule has 0 fully saturated rings. The minimum Gasteiger partial charge on any atom is -0.376 e. The lowest BCUT2D eigenvalue weighted by Crippen LogP contribution is -2.22. The molecule has 0 spiro atoms. The van der Waals surface area contributed by atoms with Crippen molar-refractivity contribution in [3.63, 3.8) is 0 Å². The number of amides is 1. The van der Waals surface area contributed by atoms with Crippen LogP contribution in [0.2, 0.25) is 0 Å². The van der Waals surface area contributed by atoms with Gasteiger partial charge in [-0.15, -0.1) is 0 Å². The van der Waals surface area contributed by atoms with E-state index in [1.165, 1.54) is 5.56 Å². The lowest BCUT2D eigenvalue weighted by atomic mass is 10.0. The molecule has 0 heterocycles. The summed E-state index contributed by atoms with van der Waals surface area (Å²) in [7, 11) is 0. The minimum atomic E-state index is -0.0402. The molecule has 0 atom stereocenters. The van der Waals surface area contributed by atoms with E-state index in [2.05, 4.69) is 36.6 Å². The number of hydrogen-bond acceptors (Lipinski definition) is 2. The van der Waals surface area contributed by atoms with Crippen molar-refractivity contribution in [3.05, 3.63) is 59.2 Å². The van der Waals surface area contributed by atoms with Gasteiger partial charge in [0.05, 0.1) is 6.54 Å². The molecule has 0 saturated heterocycles. The van der Waals surface area contributed by atoms with Crippen LogP contribution >= 0.6 is 0 Å². The Bertz CT molecular complexity index is 645. The Morgan fingerprint density at radius 1 is 1.05 bits per heavy atom. The summed E-state index contributed by atoms with van der Waals surface area (Å²) in [4.78, 5) is 12.1. The third kappa shape index (κ3) is 4.35. The highest BCUT2D eigenvalue weighted by Gasteiger charge is 2.05. The fourth-order valence-corrected chi connectivity index (χ4v) is 2.23. The third-order valence-electron chi connectivity index (χ3n) is 3.70. The van der Waals surface area contributed by atoms with Gasteiger partial charge in [0.15, 0.2) is 0 Å². The quantitative estimate of drug-likeness (QED) is 0.854. The first-order valence-corrected chi connectivity index (χ1v) is 7.66. The highest BCUT2D eigenvalue weighted by molar-refractivity contribution is 5.94. The molecule has 3 nitrogen and oxygen atoms in total. The maximum Gasteiger partial charge on any atom is 0.243 e. The normalized spacial score (nSPS) is 10.6. The summed E-state index contributed by atoms with van der Waals surface area (Å²) in [5.41, 5.74) is 5.34. The van der Waals surface area contributed by atoms with Crippen molar-refractivity contribution in [1.29, 1.82) is 0 Å². The van der Waals surface area contributed by atoms with E-state index in [9.17, 15) is 4.79 Å². The van der Waals surface area contributed by atoms with Gasteiger partial charge >= 0.3 is 0 Å². The van der Waals surface area contributed by atoms with Crippen molar-refractivity contribution in [2.75, 3.05) is 17.2 Å². The van der Waals surface area contributed by atoms with Gasteiger partial charge in [-0.3, -0.25) is 4.79 Å². The number of nitrogens with one attached hydrogen (secondary N) is 2. The van der Waals surface area contributed by atoms with E-state index >= 15 is 0 Å². The van der Waals surface area contributed by atoms with Crippen LogP contribution in [-0.2, 0) is 4.79 Å². The Hall–Kier alpha value is -2.29. The highest BCUT2D eigenvalue weighted by atomic mass is 16.1. The fourth-order valence-electron chi connectivity index (χ4n) is 2.23. The molecule has 2 aromatic rings. The molecule has 2 rings (SSSR count). The number of hydrogen-bond donors (Lipinski definition) is 2. The number of rotatable bonds is 5. The van der Waals surface area contributed by atoms with E-state index in [0.717, 1.165) is 22.5 Å². The minimum absolute atomic E-state index is 0.0402. The molecule has 2 aromatic carbocycles. The predicted molar refractivity (Wildman–Crippen MR) is 93.6 cm³/mol. The molecular formula is C19H24N2O. The second kappa shape index (κ2) is 7.12. The molecule has 116 valence electrons. The van der Waals surface area contributed by atoms with E-state index < -0.39 is 0 Å². The maximum atomic E-state index is 12.1. The number of anilines is 2. The van der Waals surface area contributed by atoms with Crippen LogP contribution in [-0.4, -0.2) is 12.5 Å². The smallest absolute Gasteiger partial charge is 0.243 e. The first kappa shape index (κ1) is 16.1. The third-order valence-corrected chi connectivity index (χ3v) is 3.70. The van der Waals surface area contributed by atoms with Crippen LogP contribution in [0.5, 0.6) is 0 Å². The SMILES string of the molecule is Cc1ccc(C)c(NC(=O)CNc2ccc(C(C)C)cc2)c1. The van der Waals surface area contributed by atoms with Gasteiger partial charge in [0, 0.05) is 11.4 Å². The van der Waals surface area contributed by atoms with Crippen molar-refractivity contribution in [1.82, 2.24) is 0 Å². The van der Waals surface area contributed by atoms with E-state index in [1.807, 2.05) is 44.2 Å². The van der Waals surface area contributed by atoms with Crippen molar-refractivity contribution < 1.29 is 4.79 Å². The van der Waals surface area contributed by atoms with Gasteiger partial charge in [-0.25, -0.2) is 0 Å². The second-order valence-corrected chi connectivity index (χ2v) is 6.00.